The van der Waals surface area contributed by atoms with E-state index in [0.29, 0.717) is 10.4 Å². The summed E-state index contributed by atoms with van der Waals surface area (Å²) in [7, 11) is 0. The van der Waals surface area contributed by atoms with Gasteiger partial charge < -0.3 is 15.3 Å². The van der Waals surface area contributed by atoms with Gasteiger partial charge in [0.15, 0.2) is 4.67 Å². The van der Waals surface area contributed by atoms with Crippen molar-refractivity contribution < 1.29 is 9.52 Å². The fraction of sp³-hybridized carbons (Fsp3) is 0.333. The van der Waals surface area contributed by atoms with Gasteiger partial charge in [0.2, 0.25) is 0 Å². The van der Waals surface area contributed by atoms with E-state index in [4.69, 9.17) is 10.2 Å². The molecule has 11 heavy (non-hydrogen) atoms. The zero-order chi connectivity index (χ0) is 8.43. The van der Waals surface area contributed by atoms with Gasteiger partial charge in [-0.1, -0.05) is 0 Å². The molecule has 3 N–H and O–H groups in total. The lowest BCUT2D eigenvalue weighted by Crippen LogP contribution is -2.10. The van der Waals surface area contributed by atoms with E-state index in [0.717, 1.165) is 4.47 Å². The summed E-state index contributed by atoms with van der Waals surface area (Å²) in [6.07, 6.45) is -0.724. The molecule has 0 aliphatic rings. The van der Waals surface area contributed by atoms with Gasteiger partial charge in [-0.25, -0.2) is 0 Å². The van der Waals surface area contributed by atoms with E-state index in [1.54, 1.807) is 6.07 Å². The molecular weight excluding hydrogens is 278 g/mol. The molecule has 0 saturated heterocycles. The van der Waals surface area contributed by atoms with Gasteiger partial charge >= 0.3 is 0 Å². The highest BCUT2D eigenvalue weighted by Crippen LogP contribution is 2.29. The molecule has 0 aromatic carbocycles. The highest BCUT2D eigenvalue weighted by Gasteiger charge is 2.12. The number of rotatable bonds is 2. The number of aliphatic hydroxyl groups excluding tert-OH is 1. The quantitative estimate of drug-likeness (QED) is 0.871. The molecule has 62 valence electrons. The van der Waals surface area contributed by atoms with Crippen LogP contribution in [0, 0.1) is 0 Å². The molecule has 0 aliphatic carbocycles. The summed E-state index contributed by atoms with van der Waals surface area (Å²) in [5.74, 6) is 0.464. The maximum atomic E-state index is 9.21. The fourth-order valence-corrected chi connectivity index (χ4v) is 1.25. The van der Waals surface area contributed by atoms with Crippen molar-refractivity contribution >= 4 is 31.9 Å². The molecule has 1 aromatic heterocycles. The first-order chi connectivity index (χ1) is 5.15. The smallest absolute Gasteiger partial charge is 0.183 e. The molecule has 0 fully saturated rings. The van der Waals surface area contributed by atoms with Crippen LogP contribution in [-0.4, -0.2) is 11.7 Å². The minimum Gasteiger partial charge on any atom is -0.450 e. The monoisotopic (exact) mass is 283 g/mol. The summed E-state index contributed by atoms with van der Waals surface area (Å²) in [6, 6.07) is 1.68. The minimum absolute atomic E-state index is 0.159. The van der Waals surface area contributed by atoms with Crippen LogP contribution >= 0.6 is 31.9 Å². The molecule has 0 spiro atoms. The zero-order valence-electron chi connectivity index (χ0n) is 5.55. The molecule has 0 saturated carbocycles. The van der Waals surface area contributed by atoms with Crippen LogP contribution in [0.15, 0.2) is 19.6 Å². The normalized spacial score (nSPS) is 13.5. The largest absolute Gasteiger partial charge is 0.450 e. The first-order valence-electron chi connectivity index (χ1n) is 2.98. The number of furan rings is 1. The predicted octanol–water partition coefficient (Wildman–Crippen LogP) is 1.80. The summed E-state index contributed by atoms with van der Waals surface area (Å²) < 4.78 is 6.45. The second-order valence-electron chi connectivity index (χ2n) is 2.02. The van der Waals surface area contributed by atoms with Gasteiger partial charge in [-0.3, -0.25) is 0 Å². The standard InChI is InChI=1S/C6H7Br2NO2/c7-3-1-5(4(10)2-9)11-6(3)8/h1,4,10H,2,9H2/t4-/m1/s1. The minimum atomic E-state index is -0.724. The topological polar surface area (TPSA) is 59.4 Å². The van der Waals surface area contributed by atoms with Gasteiger partial charge in [0.25, 0.3) is 0 Å². The lowest BCUT2D eigenvalue weighted by molar-refractivity contribution is 0.156. The van der Waals surface area contributed by atoms with Crippen LogP contribution in [0.25, 0.3) is 0 Å². The van der Waals surface area contributed by atoms with Gasteiger partial charge in [0.05, 0.1) is 4.47 Å². The second kappa shape index (κ2) is 3.71. The van der Waals surface area contributed by atoms with E-state index < -0.39 is 6.10 Å². The van der Waals surface area contributed by atoms with Crippen LogP contribution in [0.2, 0.25) is 0 Å². The second-order valence-corrected chi connectivity index (χ2v) is 3.60. The van der Waals surface area contributed by atoms with Crippen LogP contribution in [0.1, 0.15) is 11.9 Å². The number of hydrogen-bond acceptors (Lipinski definition) is 3. The third-order valence-electron chi connectivity index (χ3n) is 1.22. The van der Waals surface area contributed by atoms with E-state index in [1.165, 1.54) is 0 Å². The molecule has 1 atom stereocenters. The Morgan fingerprint density at radius 2 is 2.27 bits per heavy atom. The first kappa shape index (κ1) is 9.25. The summed E-state index contributed by atoms with van der Waals surface area (Å²) in [5, 5.41) is 9.21. The molecule has 0 bridgehead atoms. The maximum absolute atomic E-state index is 9.21. The van der Waals surface area contributed by atoms with Crippen molar-refractivity contribution in [2.24, 2.45) is 5.73 Å². The average Bonchev–Trinajstić information content (AvgIpc) is 2.31. The number of hydrogen-bond donors (Lipinski definition) is 2. The summed E-state index contributed by atoms with van der Waals surface area (Å²) in [6.45, 7) is 0.159. The number of halogens is 2. The first-order valence-corrected chi connectivity index (χ1v) is 4.56. The van der Waals surface area contributed by atoms with E-state index in [9.17, 15) is 5.11 Å². The van der Waals surface area contributed by atoms with Crippen molar-refractivity contribution in [2.75, 3.05) is 6.54 Å². The van der Waals surface area contributed by atoms with E-state index in [1.807, 2.05) is 0 Å². The fourth-order valence-electron chi connectivity index (χ4n) is 0.644. The lowest BCUT2D eigenvalue weighted by Gasteiger charge is -2.00. The molecule has 0 radical (unpaired) electrons. The van der Waals surface area contributed by atoms with Crippen LogP contribution in [0.3, 0.4) is 0 Å². The summed E-state index contributed by atoms with van der Waals surface area (Å²) >= 11 is 6.37. The Labute approximate surface area is 80.8 Å². The third-order valence-corrected chi connectivity index (χ3v) is 2.93. The van der Waals surface area contributed by atoms with Crippen molar-refractivity contribution in [2.45, 2.75) is 6.10 Å². The van der Waals surface area contributed by atoms with Crippen molar-refractivity contribution in [3.05, 3.63) is 21.0 Å². The van der Waals surface area contributed by atoms with Crippen molar-refractivity contribution in [3.8, 4) is 0 Å². The van der Waals surface area contributed by atoms with Crippen molar-refractivity contribution in [1.29, 1.82) is 0 Å². The van der Waals surface area contributed by atoms with Crippen LogP contribution in [-0.2, 0) is 0 Å². The molecule has 5 heteroatoms. The molecular formula is C6H7Br2NO2. The number of aliphatic hydroxyl groups is 1. The van der Waals surface area contributed by atoms with E-state index in [2.05, 4.69) is 31.9 Å². The van der Waals surface area contributed by atoms with Gasteiger partial charge in [0.1, 0.15) is 11.9 Å². The summed E-state index contributed by atoms with van der Waals surface area (Å²) in [5.41, 5.74) is 5.22. The van der Waals surface area contributed by atoms with E-state index in [-0.39, 0.29) is 6.54 Å². The Balaban J connectivity index is 2.88. The van der Waals surface area contributed by atoms with Crippen molar-refractivity contribution in [1.82, 2.24) is 0 Å². The highest BCUT2D eigenvalue weighted by atomic mass is 79.9. The van der Waals surface area contributed by atoms with Gasteiger partial charge in [0, 0.05) is 6.54 Å². The Bertz CT molecular complexity index is 229. The molecule has 1 aromatic rings. The highest BCUT2D eigenvalue weighted by molar-refractivity contribution is 9.13. The van der Waals surface area contributed by atoms with Crippen molar-refractivity contribution in [3.63, 3.8) is 0 Å². The van der Waals surface area contributed by atoms with Crippen LogP contribution in [0.5, 0.6) is 0 Å². The van der Waals surface area contributed by atoms with Crippen LogP contribution in [0.4, 0.5) is 0 Å². The average molecular weight is 285 g/mol. The van der Waals surface area contributed by atoms with Gasteiger partial charge in [-0.05, 0) is 37.9 Å². The molecule has 1 heterocycles. The molecule has 0 aliphatic heterocycles. The summed E-state index contributed by atoms with van der Waals surface area (Å²) in [4.78, 5) is 0. The third kappa shape index (κ3) is 2.05. The Hall–Kier alpha value is 0.160. The molecule has 0 amide bonds. The van der Waals surface area contributed by atoms with E-state index >= 15 is 0 Å². The Morgan fingerprint density at radius 3 is 2.64 bits per heavy atom. The van der Waals surface area contributed by atoms with Crippen LogP contribution < -0.4 is 5.73 Å². The zero-order valence-corrected chi connectivity index (χ0v) is 8.72. The molecule has 0 unspecified atom stereocenters. The lowest BCUT2D eigenvalue weighted by atomic mass is 10.3. The van der Waals surface area contributed by atoms with Gasteiger partial charge in [-0.2, -0.15) is 0 Å². The Morgan fingerprint density at radius 1 is 1.64 bits per heavy atom. The van der Waals surface area contributed by atoms with Gasteiger partial charge in [-0.15, -0.1) is 0 Å². The Kier molecular flexibility index (Phi) is 3.12. The molecule has 1 rings (SSSR count). The maximum Gasteiger partial charge on any atom is 0.183 e. The predicted molar refractivity (Wildman–Crippen MR) is 48.1 cm³/mol. The molecule has 3 nitrogen and oxygen atoms in total. The number of nitrogens with two attached hydrogens (primary N) is 1. The SMILES string of the molecule is NC[C@@H](O)c1cc(Br)c(Br)o1.